The molecule has 0 aliphatic carbocycles. The van der Waals surface area contributed by atoms with Gasteiger partial charge in [0.2, 0.25) is 5.91 Å². The van der Waals surface area contributed by atoms with Crippen molar-refractivity contribution in [3.8, 4) is 0 Å². The van der Waals surface area contributed by atoms with Crippen LogP contribution in [0.25, 0.3) is 0 Å². The second-order valence-corrected chi connectivity index (χ2v) is 6.84. The van der Waals surface area contributed by atoms with Crippen molar-refractivity contribution in [2.45, 2.75) is 38.2 Å². The monoisotopic (exact) mass is 360 g/mol. The average Bonchev–Trinajstić information content (AvgIpc) is 2.67. The number of rotatable bonds is 8. The molecule has 0 aromatic heterocycles. The van der Waals surface area contributed by atoms with E-state index in [0.717, 1.165) is 45.4 Å². The zero-order valence-corrected chi connectivity index (χ0v) is 16.0. The van der Waals surface area contributed by atoms with Crippen LogP contribution in [-0.2, 0) is 16.0 Å². The minimum atomic E-state index is -0.00991. The number of aliphatic imine (C=N–C) groups is 1. The maximum absolute atomic E-state index is 11.8. The number of aryl methyl sites for hydroxylation is 1. The van der Waals surface area contributed by atoms with E-state index < -0.39 is 0 Å². The highest BCUT2D eigenvalue weighted by Gasteiger charge is 2.14. The molecule has 1 aliphatic heterocycles. The van der Waals surface area contributed by atoms with Crippen LogP contribution in [0.5, 0.6) is 0 Å². The van der Waals surface area contributed by atoms with Gasteiger partial charge in [-0.3, -0.25) is 4.79 Å². The minimum absolute atomic E-state index is 0.00991. The summed E-state index contributed by atoms with van der Waals surface area (Å²) in [5.41, 5.74) is 1.33. The van der Waals surface area contributed by atoms with Crippen LogP contribution in [0, 0.1) is 0 Å². The van der Waals surface area contributed by atoms with Crippen LogP contribution in [0.4, 0.5) is 0 Å². The van der Waals surface area contributed by atoms with Crippen LogP contribution in [0.15, 0.2) is 35.3 Å². The van der Waals surface area contributed by atoms with Crippen molar-refractivity contribution in [1.82, 2.24) is 15.5 Å². The predicted molar refractivity (Wildman–Crippen MR) is 105 cm³/mol. The van der Waals surface area contributed by atoms with Gasteiger partial charge in [0.15, 0.2) is 5.96 Å². The van der Waals surface area contributed by atoms with E-state index in [2.05, 4.69) is 39.9 Å². The standard InChI is InChI=1S/C20H32N4O2/c1-24(2)19(25)16-23-20(22-15-18-12-6-7-14-26-18)21-13-8-11-17-9-4-3-5-10-17/h3-5,9-10,18H,6-8,11-16H2,1-2H3,(H2,21,22,23). The second-order valence-electron chi connectivity index (χ2n) is 6.84. The summed E-state index contributed by atoms with van der Waals surface area (Å²) in [4.78, 5) is 17.8. The van der Waals surface area contributed by atoms with E-state index in [9.17, 15) is 4.79 Å². The molecule has 6 heteroatoms. The summed E-state index contributed by atoms with van der Waals surface area (Å²) in [6.45, 7) is 2.51. The molecule has 1 saturated heterocycles. The highest BCUT2D eigenvalue weighted by atomic mass is 16.5. The molecular weight excluding hydrogens is 328 g/mol. The number of carbonyl (C=O) groups is 1. The first-order valence-electron chi connectivity index (χ1n) is 9.53. The summed E-state index contributed by atoms with van der Waals surface area (Å²) in [6, 6.07) is 10.4. The first-order valence-corrected chi connectivity index (χ1v) is 9.53. The Balaban J connectivity index is 1.78. The van der Waals surface area contributed by atoms with Gasteiger partial charge in [-0.05, 0) is 37.7 Å². The quantitative estimate of drug-likeness (QED) is 0.422. The highest BCUT2D eigenvalue weighted by molar-refractivity contribution is 5.84. The first kappa shape index (κ1) is 20.2. The lowest BCUT2D eigenvalue weighted by Gasteiger charge is -2.24. The summed E-state index contributed by atoms with van der Waals surface area (Å²) < 4.78 is 5.76. The number of nitrogens with zero attached hydrogens (tertiary/aromatic N) is 2. The van der Waals surface area contributed by atoms with Gasteiger partial charge in [-0.15, -0.1) is 0 Å². The normalized spacial score (nSPS) is 17.6. The Hall–Kier alpha value is -2.08. The van der Waals surface area contributed by atoms with Crippen molar-refractivity contribution in [3.05, 3.63) is 35.9 Å². The molecule has 1 heterocycles. The number of ether oxygens (including phenoxy) is 1. The number of guanidine groups is 1. The van der Waals surface area contributed by atoms with Crippen molar-refractivity contribution in [1.29, 1.82) is 0 Å². The zero-order valence-electron chi connectivity index (χ0n) is 16.0. The van der Waals surface area contributed by atoms with Crippen molar-refractivity contribution in [3.63, 3.8) is 0 Å². The fourth-order valence-corrected chi connectivity index (χ4v) is 2.79. The molecule has 6 nitrogen and oxygen atoms in total. The average molecular weight is 361 g/mol. The molecule has 0 saturated carbocycles. The van der Waals surface area contributed by atoms with Gasteiger partial charge in [0, 0.05) is 33.8 Å². The van der Waals surface area contributed by atoms with Crippen LogP contribution in [0.1, 0.15) is 31.2 Å². The lowest BCUT2D eigenvalue weighted by molar-refractivity contribution is -0.127. The fraction of sp³-hybridized carbons (Fsp3) is 0.600. The third-order valence-corrected chi connectivity index (χ3v) is 4.42. The van der Waals surface area contributed by atoms with Crippen molar-refractivity contribution >= 4 is 11.9 Å². The second kappa shape index (κ2) is 11.5. The van der Waals surface area contributed by atoms with E-state index in [0.29, 0.717) is 5.96 Å². The van der Waals surface area contributed by atoms with Gasteiger partial charge in [-0.2, -0.15) is 0 Å². The number of nitrogens with one attached hydrogen (secondary N) is 2. The zero-order chi connectivity index (χ0) is 18.6. The third kappa shape index (κ3) is 7.87. The molecule has 2 rings (SSSR count). The molecule has 144 valence electrons. The number of likely N-dealkylation sites (N-methyl/N-ethyl adjacent to an activating group) is 1. The largest absolute Gasteiger partial charge is 0.376 e. The number of benzene rings is 1. The predicted octanol–water partition coefficient (Wildman–Crippen LogP) is 1.81. The van der Waals surface area contributed by atoms with Gasteiger partial charge in [-0.25, -0.2) is 4.99 Å². The van der Waals surface area contributed by atoms with Crippen LogP contribution in [0.3, 0.4) is 0 Å². The van der Waals surface area contributed by atoms with Gasteiger partial charge in [0.1, 0.15) is 6.54 Å². The molecule has 0 bridgehead atoms. The highest BCUT2D eigenvalue weighted by Crippen LogP contribution is 2.11. The lowest BCUT2D eigenvalue weighted by Crippen LogP contribution is -2.43. The van der Waals surface area contributed by atoms with Crippen LogP contribution >= 0.6 is 0 Å². The topological polar surface area (TPSA) is 66.0 Å². The number of carbonyl (C=O) groups excluding carboxylic acids is 1. The molecule has 26 heavy (non-hydrogen) atoms. The molecule has 2 N–H and O–H groups in total. The van der Waals surface area contributed by atoms with Crippen molar-refractivity contribution in [2.75, 3.05) is 40.3 Å². The van der Waals surface area contributed by atoms with Crippen molar-refractivity contribution < 1.29 is 9.53 Å². The number of hydrogen-bond acceptors (Lipinski definition) is 3. The van der Waals surface area contributed by atoms with Gasteiger partial charge < -0.3 is 20.3 Å². The maximum Gasteiger partial charge on any atom is 0.243 e. The van der Waals surface area contributed by atoms with E-state index in [4.69, 9.17) is 4.74 Å². The molecule has 1 aromatic rings. The summed E-state index contributed by atoms with van der Waals surface area (Å²) >= 11 is 0. The summed E-state index contributed by atoms with van der Waals surface area (Å²) in [5.74, 6) is 0.673. The maximum atomic E-state index is 11.8. The molecule has 1 aliphatic rings. The third-order valence-electron chi connectivity index (χ3n) is 4.42. The van der Waals surface area contributed by atoms with Crippen LogP contribution in [-0.4, -0.2) is 63.2 Å². The van der Waals surface area contributed by atoms with E-state index in [1.807, 2.05) is 6.07 Å². The smallest absolute Gasteiger partial charge is 0.243 e. The minimum Gasteiger partial charge on any atom is -0.376 e. The molecule has 0 radical (unpaired) electrons. The summed E-state index contributed by atoms with van der Waals surface area (Å²) in [5, 5.41) is 6.66. The lowest BCUT2D eigenvalue weighted by atomic mass is 10.1. The van der Waals surface area contributed by atoms with Crippen LogP contribution in [0.2, 0.25) is 0 Å². The Labute approximate surface area is 157 Å². The van der Waals surface area contributed by atoms with Crippen LogP contribution < -0.4 is 10.6 Å². The Bertz CT molecular complexity index is 554. The van der Waals surface area contributed by atoms with Gasteiger partial charge in [0.25, 0.3) is 0 Å². The molecule has 1 aromatic carbocycles. The molecule has 1 fully saturated rings. The van der Waals surface area contributed by atoms with E-state index in [1.54, 1.807) is 19.0 Å². The molecule has 1 unspecified atom stereocenters. The summed E-state index contributed by atoms with van der Waals surface area (Å²) in [6.07, 6.45) is 5.68. The Morgan fingerprint density at radius 2 is 2.04 bits per heavy atom. The molecule has 0 spiro atoms. The van der Waals surface area contributed by atoms with Gasteiger partial charge >= 0.3 is 0 Å². The van der Waals surface area contributed by atoms with Gasteiger partial charge in [0.05, 0.1) is 6.10 Å². The molecular formula is C20H32N4O2. The first-order chi connectivity index (χ1) is 12.6. The van der Waals surface area contributed by atoms with E-state index >= 15 is 0 Å². The number of hydrogen-bond donors (Lipinski definition) is 2. The molecule has 1 amide bonds. The Morgan fingerprint density at radius 1 is 1.23 bits per heavy atom. The molecule has 1 atom stereocenters. The Morgan fingerprint density at radius 3 is 2.73 bits per heavy atom. The van der Waals surface area contributed by atoms with Gasteiger partial charge in [-0.1, -0.05) is 30.3 Å². The fourth-order valence-electron chi connectivity index (χ4n) is 2.79. The van der Waals surface area contributed by atoms with E-state index in [-0.39, 0.29) is 18.6 Å². The van der Waals surface area contributed by atoms with Crippen molar-refractivity contribution in [2.24, 2.45) is 4.99 Å². The summed E-state index contributed by atoms with van der Waals surface area (Å²) in [7, 11) is 3.49. The Kier molecular flexibility index (Phi) is 8.96. The number of amides is 1. The van der Waals surface area contributed by atoms with E-state index in [1.165, 1.54) is 12.0 Å². The SMILES string of the molecule is CN(C)C(=O)CN=C(NCCCc1ccccc1)NCC1CCCCO1.